The molecule has 0 rings (SSSR count). The summed E-state index contributed by atoms with van der Waals surface area (Å²) in [6, 6.07) is 0. The molecule has 0 aliphatic carbocycles. The van der Waals surface area contributed by atoms with E-state index >= 15 is 0 Å². The molecular weight excluding hydrogens is 400 g/mol. The van der Waals surface area contributed by atoms with Crippen LogP contribution in [0.5, 0.6) is 0 Å². The third kappa shape index (κ3) is 50.4. The van der Waals surface area contributed by atoms with E-state index < -0.39 is 8.60 Å². The molecule has 0 bridgehead atoms. The Balaban J connectivity index is -0.0000000613. The van der Waals surface area contributed by atoms with Gasteiger partial charge in [0.2, 0.25) is 0 Å². The first kappa shape index (κ1) is 37.7. The molecule has 0 aromatic heterocycles. The Labute approximate surface area is 148 Å². The van der Waals surface area contributed by atoms with E-state index in [1.54, 1.807) is 0 Å². The molecule has 0 radical (unpaired) electrons. The first-order chi connectivity index (χ1) is 9.91. The van der Waals surface area contributed by atoms with Crippen LogP contribution in [0.25, 0.3) is 0 Å². The second-order valence-electron chi connectivity index (χ2n) is 3.69. The monoisotopic (exact) mass is 430 g/mol. The summed E-state index contributed by atoms with van der Waals surface area (Å²) in [6.07, 6.45) is 0.427. The molecule has 0 aromatic rings. The summed E-state index contributed by atoms with van der Waals surface area (Å²) in [4.78, 5) is 32.0. The molecule has 7 nitrogen and oxygen atoms in total. The molecule has 0 aliphatic heterocycles. The number of hydrogen-bond acceptors (Lipinski definition) is 7. The van der Waals surface area contributed by atoms with Gasteiger partial charge in [-0.15, -0.1) is 0 Å². The van der Waals surface area contributed by atoms with Crippen LogP contribution < -0.4 is 0 Å². The fourth-order valence-electron chi connectivity index (χ4n) is 0.591. The van der Waals surface area contributed by atoms with E-state index in [-0.39, 0.29) is 37.8 Å². The van der Waals surface area contributed by atoms with Crippen molar-refractivity contribution < 1.29 is 52.2 Å². The molecule has 0 fully saturated rings. The maximum Gasteiger partial charge on any atom is 0.333 e. The largest absolute Gasteiger partial charge is 0.333 e. The summed E-state index contributed by atoms with van der Waals surface area (Å²) in [7, 11) is -1.18. The molecule has 22 heavy (non-hydrogen) atoms. The smallest absolute Gasteiger partial charge is 0.309 e. The maximum absolute atomic E-state index is 8.00. The summed E-state index contributed by atoms with van der Waals surface area (Å²) < 4.78 is 16.5. The maximum atomic E-state index is 8.00. The van der Waals surface area contributed by atoms with Crippen molar-refractivity contribution in [1.82, 2.24) is 0 Å². The van der Waals surface area contributed by atoms with Crippen molar-refractivity contribution in [2.45, 2.75) is 59.9 Å². The first-order valence-corrected chi connectivity index (χ1v) is 6.97. The van der Waals surface area contributed by atoms with Crippen molar-refractivity contribution in [3.63, 3.8) is 0 Å². The van der Waals surface area contributed by atoms with E-state index in [0.29, 0.717) is 0 Å². The van der Waals surface area contributed by atoms with Crippen LogP contribution in [0.2, 0.25) is 0 Å². The van der Waals surface area contributed by atoms with Crippen molar-refractivity contribution in [2.24, 2.45) is 0 Å². The molecule has 0 spiro atoms. The van der Waals surface area contributed by atoms with Gasteiger partial charge in [0.25, 0.3) is 0 Å². The van der Waals surface area contributed by atoms with Crippen LogP contribution in [0.4, 0.5) is 0 Å². The Morgan fingerprint density at radius 1 is 0.545 bits per heavy atom. The normalized spacial score (nSPS) is 8.09. The van der Waals surface area contributed by atoms with Gasteiger partial charge in [0.05, 0.1) is 18.3 Å². The fourth-order valence-corrected chi connectivity index (χ4v) is 1.77. The van der Waals surface area contributed by atoms with Gasteiger partial charge < -0.3 is 32.7 Å². The topological polar surface area (TPSA) is 96.0 Å². The predicted octanol–water partition coefficient (Wildman–Crippen LogP) is 2.75. The Hall–Kier alpha value is -0.387. The van der Waals surface area contributed by atoms with Crippen LogP contribution in [-0.2, 0) is 52.2 Å². The van der Waals surface area contributed by atoms with E-state index in [1.807, 2.05) is 68.7 Å². The van der Waals surface area contributed by atoms with Gasteiger partial charge in [0.1, 0.15) is 27.2 Å². The van der Waals surface area contributed by atoms with Gasteiger partial charge in [-0.2, -0.15) is 0 Å². The number of rotatable bonds is 6. The minimum absolute atomic E-state index is 0. The van der Waals surface area contributed by atoms with Gasteiger partial charge in [-0.25, -0.2) is 0 Å². The number of hydrogen-bond donors (Lipinski definition) is 0. The van der Waals surface area contributed by atoms with Crippen LogP contribution in [0.3, 0.4) is 0 Å². The summed E-state index contributed by atoms with van der Waals surface area (Å²) >= 11 is 0. The SMILES string of the molecule is C=O.C=O.C=O.C=O.CC(C)OP(OC(C)C)OC(C)C.[Ru]. The molecule has 0 heterocycles. The molecule has 0 aromatic carbocycles. The average molecular weight is 429 g/mol. The Morgan fingerprint density at radius 3 is 0.773 bits per heavy atom. The molecule has 0 N–H and O–H groups in total. The number of carbonyl (C=O) groups excluding carboxylic acids is 4. The van der Waals surface area contributed by atoms with Crippen molar-refractivity contribution >= 4 is 35.8 Å². The Kier molecular flexibility index (Phi) is 63.6. The third-order valence-electron chi connectivity index (χ3n) is 0.891. The van der Waals surface area contributed by atoms with Crippen LogP contribution in [0, 0.1) is 0 Å². The van der Waals surface area contributed by atoms with Crippen molar-refractivity contribution in [1.29, 1.82) is 0 Å². The third-order valence-corrected chi connectivity index (χ3v) is 2.67. The molecule has 0 saturated heterocycles. The Bertz CT molecular complexity index is 154. The van der Waals surface area contributed by atoms with E-state index in [9.17, 15) is 0 Å². The van der Waals surface area contributed by atoms with Crippen molar-refractivity contribution in [2.75, 3.05) is 0 Å². The second kappa shape index (κ2) is 37.1. The zero-order valence-corrected chi connectivity index (χ0v) is 16.9. The molecule has 0 atom stereocenters. The van der Waals surface area contributed by atoms with Crippen molar-refractivity contribution in [3.8, 4) is 0 Å². The van der Waals surface area contributed by atoms with Crippen LogP contribution in [0.1, 0.15) is 41.5 Å². The summed E-state index contributed by atoms with van der Waals surface area (Å²) in [6.45, 7) is 19.8. The van der Waals surface area contributed by atoms with Gasteiger partial charge in [0, 0.05) is 19.5 Å². The van der Waals surface area contributed by atoms with Gasteiger partial charge in [-0.05, 0) is 41.5 Å². The van der Waals surface area contributed by atoms with E-state index in [2.05, 4.69) is 0 Å². The van der Waals surface area contributed by atoms with Crippen LogP contribution >= 0.6 is 8.60 Å². The van der Waals surface area contributed by atoms with Gasteiger partial charge >= 0.3 is 8.60 Å². The minimum Gasteiger partial charge on any atom is -0.309 e. The summed E-state index contributed by atoms with van der Waals surface area (Å²) in [5.41, 5.74) is 0. The van der Waals surface area contributed by atoms with Gasteiger partial charge in [-0.1, -0.05) is 0 Å². The summed E-state index contributed by atoms with van der Waals surface area (Å²) in [5, 5.41) is 0. The van der Waals surface area contributed by atoms with E-state index in [0.717, 1.165) is 0 Å². The second-order valence-corrected chi connectivity index (χ2v) is 4.77. The molecule has 136 valence electrons. The molecule has 0 unspecified atom stereocenters. The average Bonchev–Trinajstić information content (AvgIpc) is 2.45. The van der Waals surface area contributed by atoms with E-state index in [4.69, 9.17) is 32.7 Å². The predicted molar refractivity (Wildman–Crippen MR) is 84.1 cm³/mol. The zero-order valence-electron chi connectivity index (χ0n) is 14.2. The van der Waals surface area contributed by atoms with Gasteiger partial charge in [0.15, 0.2) is 0 Å². The number of carbonyl (C=O) groups is 4. The molecule has 9 heteroatoms. The van der Waals surface area contributed by atoms with Crippen molar-refractivity contribution in [3.05, 3.63) is 0 Å². The summed E-state index contributed by atoms with van der Waals surface area (Å²) in [5.74, 6) is 0. The molecule has 0 amide bonds. The first-order valence-electron chi connectivity index (χ1n) is 5.87. The fraction of sp³-hybridized carbons (Fsp3) is 0.692. The minimum atomic E-state index is -1.18. The van der Waals surface area contributed by atoms with E-state index in [1.165, 1.54) is 0 Å². The zero-order chi connectivity index (χ0) is 18.4. The molecule has 0 saturated carbocycles. The van der Waals surface area contributed by atoms with Crippen LogP contribution in [-0.4, -0.2) is 45.5 Å². The standard InChI is InChI=1S/C9H21O3P.4CH2O.Ru/c1-7(2)10-13(11-8(3)4)12-9(5)6;4*1-2;/h7-9H,1-6H3;4*1H2;. The molecular formula is C13H29O7PRu. The van der Waals surface area contributed by atoms with Gasteiger partial charge in [-0.3, -0.25) is 0 Å². The van der Waals surface area contributed by atoms with Crippen LogP contribution in [0.15, 0.2) is 0 Å². The molecule has 0 aliphatic rings. The quantitative estimate of drug-likeness (QED) is 0.473. The Morgan fingerprint density at radius 2 is 0.682 bits per heavy atom.